The van der Waals surface area contributed by atoms with E-state index in [1.807, 2.05) is 37.3 Å². The first kappa shape index (κ1) is 11.9. The Labute approximate surface area is 118 Å². The normalized spacial score (nSPS) is 37.9. The van der Waals surface area contributed by atoms with Crippen molar-refractivity contribution in [3.63, 3.8) is 0 Å². The summed E-state index contributed by atoms with van der Waals surface area (Å²) >= 11 is 0. The highest BCUT2D eigenvalue weighted by Crippen LogP contribution is 2.60. The molecule has 0 aromatic heterocycles. The Kier molecular flexibility index (Phi) is 2.27. The first-order valence-electron chi connectivity index (χ1n) is 7.20. The molecule has 3 nitrogen and oxygen atoms in total. The van der Waals surface area contributed by atoms with Crippen LogP contribution in [0.5, 0.6) is 0 Å². The summed E-state index contributed by atoms with van der Waals surface area (Å²) < 4.78 is 0. The minimum Gasteiger partial charge on any atom is -0.277 e. The summed E-state index contributed by atoms with van der Waals surface area (Å²) in [7, 11) is 0. The summed E-state index contributed by atoms with van der Waals surface area (Å²) in [6.07, 6.45) is 5.24. The van der Waals surface area contributed by atoms with Crippen molar-refractivity contribution in [3.05, 3.63) is 48.0 Å². The molecule has 2 aliphatic carbocycles. The van der Waals surface area contributed by atoms with Gasteiger partial charge in [-0.15, -0.1) is 0 Å². The third kappa shape index (κ3) is 1.30. The molecule has 1 aromatic carbocycles. The second-order valence-electron chi connectivity index (χ2n) is 6.37. The van der Waals surface area contributed by atoms with E-state index in [-0.39, 0.29) is 29.6 Å². The summed E-state index contributed by atoms with van der Waals surface area (Å²) in [5.41, 5.74) is 0.517. The average molecular weight is 267 g/mol. The number of nitrogens with zero attached hydrogens (tertiary/aromatic N) is 1. The molecule has 20 heavy (non-hydrogen) atoms. The number of carbonyl (C=O) groups is 2. The summed E-state index contributed by atoms with van der Waals surface area (Å²) in [6.45, 7) is 2.39. The van der Waals surface area contributed by atoms with Crippen LogP contribution in [0, 0.1) is 23.2 Å². The van der Waals surface area contributed by atoms with Crippen molar-refractivity contribution in [2.45, 2.75) is 19.9 Å². The maximum atomic E-state index is 12.8. The van der Waals surface area contributed by atoms with Gasteiger partial charge in [0.25, 0.3) is 0 Å². The Bertz CT molecular complexity index is 621. The van der Waals surface area contributed by atoms with E-state index in [0.29, 0.717) is 6.54 Å². The van der Waals surface area contributed by atoms with Crippen LogP contribution in [-0.2, 0) is 16.1 Å². The van der Waals surface area contributed by atoms with Crippen molar-refractivity contribution >= 4 is 11.8 Å². The number of rotatable bonds is 2. The second kappa shape index (κ2) is 3.81. The van der Waals surface area contributed by atoms with E-state index in [1.54, 1.807) is 0 Å². The minimum atomic E-state index is -0.495. The fourth-order valence-electron chi connectivity index (χ4n) is 4.30. The standard InChI is InChI=1S/C17H17NO2/c1-17-13-8-7-12(9-13)14(17)15(19)18(16(17)20)10-11-5-3-2-4-6-11/h2-8,12-14H,9-10H2,1H3/t12-,13+,14-,17+/m1/s1. The molecular weight excluding hydrogens is 250 g/mol. The number of carbonyl (C=O) groups excluding carboxylic acids is 2. The molecule has 1 saturated heterocycles. The Morgan fingerprint density at radius 2 is 1.95 bits per heavy atom. The predicted octanol–water partition coefficient (Wildman–Crippen LogP) is 2.38. The zero-order chi connectivity index (χ0) is 13.9. The molecule has 3 aliphatic rings. The van der Waals surface area contributed by atoms with Crippen molar-refractivity contribution in [3.8, 4) is 0 Å². The van der Waals surface area contributed by atoms with Gasteiger partial charge in [0, 0.05) is 0 Å². The quantitative estimate of drug-likeness (QED) is 0.609. The molecule has 0 N–H and O–H groups in total. The Balaban J connectivity index is 1.68. The molecule has 1 aromatic rings. The zero-order valence-corrected chi connectivity index (χ0v) is 11.5. The molecule has 2 fully saturated rings. The third-order valence-electron chi connectivity index (χ3n) is 5.38. The lowest BCUT2D eigenvalue weighted by Crippen LogP contribution is -2.37. The Morgan fingerprint density at radius 3 is 2.65 bits per heavy atom. The summed E-state index contributed by atoms with van der Waals surface area (Å²) in [4.78, 5) is 26.9. The highest BCUT2D eigenvalue weighted by atomic mass is 16.2. The van der Waals surface area contributed by atoms with Crippen molar-refractivity contribution in [1.29, 1.82) is 0 Å². The van der Waals surface area contributed by atoms with E-state index < -0.39 is 5.41 Å². The third-order valence-corrected chi connectivity index (χ3v) is 5.38. The lowest BCUT2D eigenvalue weighted by atomic mass is 9.71. The van der Waals surface area contributed by atoms with Crippen LogP contribution in [0.15, 0.2) is 42.5 Å². The number of benzene rings is 1. The molecule has 2 amide bonds. The van der Waals surface area contributed by atoms with Gasteiger partial charge < -0.3 is 0 Å². The molecular formula is C17H17NO2. The van der Waals surface area contributed by atoms with E-state index in [2.05, 4.69) is 12.2 Å². The number of allylic oxidation sites excluding steroid dienone is 2. The Morgan fingerprint density at radius 1 is 1.20 bits per heavy atom. The van der Waals surface area contributed by atoms with Crippen LogP contribution < -0.4 is 0 Å². The molecule has 4 atom stereocenters. The molecule has 1 aliphatic heterocycles. The number of hydrogen-bond donors (Lipinski definition) is 0. The molecule has 2 bridgehead atoms. The molecule has 0 unspecified atom stereocenters. The van der Waals surface area contributed by atoms with E-state index in [1.165, 1.54) is 4.90 Å². The maximum absolute atomic E-state index is 12.8. The van der Waals surface area contributed by atoms with Crippen LogP contribution in [0.3, 0.4) is 0 Å². The van der Waals surface area contributed by atoms with Gasteiger partial charge in [0.2, 0.25) is 11.8 Å². The van der Waals surface area contributed by atoms with E-state index in [9.17, 15) is 9.59 Å². The molecule has 3 heteroatoms. The van der Waals surface area contributed by atoms with Gasteiger partial charge in [0.05, 0.1) is 17.9 Å². The first-order chi connectivity index (χ1) is 9.62. The summed E-state index contributed by atoms with van der Waals surface area (Å²) in [5.74, 6) is 0.428. The van der Waals surface area contributed by atoms with Gasteiger partial charge in [-0.25, -0.2) is 0 Å². The van der Waals surface area contributed by atoms with Crippen molar-refractivity contribution in [2.24, 2.45) is 23.2 Å². The lowest BCUT2D eigenvalue weighted by Gasteiger charge is -2.28. The number of likely N-dealkylation sites (tertiary alicyclic amines) is 1. The van der Waals surface area contributed by atoms with Crippen LogP contribution in [0.2, 0.25) is 0 Å². The fourth-order valence-corrected chi connectivity index (χ4v) is 4.30. The number of imide groups is 1. The minimum absolute atomic E-state index is 0.0215. The molecule has 0 radical (unpaired) electrons. The van der Waals surface area contributed by atoms with Gasteiger partial charge in [0.15, 0.2) is 0 Å². The number of hydrogen-bond acceptors (Lipinski definition) is 2. The molecule has 0 spiro atoms. The maximum Gasteiger partial charge on any atom is 0.236 e. The highest BCUT2D eigenvalue weighted by molar-refractivity contribution is 6.08. The molecule has 1 saturated carbocycles. The average Bonchev–Trinajstić information content (AvgIpc) is 3.08. The largest absolute Gasteiger partial charge is 0.277 e. The van der Waals surface area contributed by atoms with Crippen LogP contribution >= 0.6 is 0 Å². The van der Waals surface area contributed by atoms with Crippen LogP contribution in [-0.4, -0.2) is 16.7 Å². The molecule has 102 valence electrons. The highest BCUT2D eigenvalue weighted by Gasteiger charge is 2.66. The fraction of sp³-hybridized carbons (Fsp3) is 0.412. The van der Waals surface area contributed by atoms with E-state index >= 15 is 0 Å². The van der Waals surface area contributed by atoms with Gasteiger partial charge in [-0.1, -0.05) is 42.5 Å². The summed E-state index contributed by atoms with van der Waals surface area (Å²) in [6, 6.07) is 9.74. The van der Waals surface area contributed by atoms with Gasteiger partial charge in [-0.3, -0.25) is 14.5 Å². The number of amides is 2. The van der Waals surface area contributed by atoms with Gasteiger partial charge in [0.1, 0.15) is 0 Å². The van der Waals surface area contributed by atoms with Gasteiger partial charge >= 0.3 is 0 Å². The van der Waals surface area contributed by atoms with Crippen molar-refractivity contribution in [1.82, 2.24) is 4.90 Å². The first-order valence-corrected chi connectivity index (χ1v) is 7.20. The van der Waals surface area contributed by atoms with Crippen LogP contribution in [0.1, 0.15) is 18.9 Å². The van der Waals surface area contributed by atoms with Gasteiger partial charge in [-0.2, -0.15) is 0 Å². The van der Waals surface area contributed by atoms with Crippen molar-refractivity contribution in [2.75, 3.05) is 0 Å². The topological polar surface area (TPSA) is 37.4 Å². The van der Waals surface area contributed by atoms with Crippen LogP contribution in [0.25, 0.3) is 0 Å². The Hall–Kier alpha value is -1.90. The second-order valence-corrected chi connectivity index (χ2v) is 6.37. The molecule has 4 rings (SSSR count). The van der Waals surface area contributed by atoms with E-state index in [4.69, 9.17) is 0 Å². The lowest BCUT2D eigenvalue weighted by molar-refractivity contribution is -0.142. The van der Waals surface area contributed by atoms with Crippen molar-refractivity contribution < 1.29 is 9.59 Å². The summed E-state index contributed by atoms with van der Waals surface area (Å²) in [5, 5.41) is 0. The predicted molar refractivity (Wildman–Crippen MR) is 74.3 cm³/mol. The molecule has 1 heterocycles. The zero-order valence-electron chi connectivity index (χ0n) is 11.5. The SMILES string of the molecule is C[C@@]12C(=O)N(Cc3ccccc3)C(=O)[C@H]1[C@@H]1C=C[C@H]2C1. The smallest absolute Gasteiger partial charge is 0.236 e. The monoisotopic (exact) mass is 267 g/mol. The number of fused-ring (bicyclic) bond motifs is 5. The van der Waals surface area contributed by atoms with E-state index in [0.717, 1.165) is 12.0 Å². The van der Waals surface area contributed by atoms with Gasteiger partial charge in [-0.05, 0) is 30.7 Å². The van der Waals surface area contributed by atoms with Crippen LogP contribution in [0.4, 0.5) is 0 Å².